The number of carbonyl (C=O) groups excluding carboxylic acids is 1. The summed E-state index contributed by atoms with van der Waals surface area (Å²) >= 11 is 12.0. The van der Waals surface area contributed by atoms with Gasteiger partial charge < -0.3 is 15.7 Å². The molecule has 100 valence electrons. The number of hydrogen-bond acceptors (Lipinski definition) is 2. The lowest BCUT2D eigenvalue weighted by Gasteiger charge is -2.16. The van der Waals surface area contributed by atoms with E-state index in [-0.39, 0.29) is 18.7 Å². The molecule has 0 aliphatic carbocycles. The van der Waals surface area contributed by atoms with Crippen LogP contribution in [0, 0.1) is 0 Å². The van der Waals surface area contributed by atoms with E-state index < -0.39 is 0 Å². The van der Waals surface area contributed by atoms with Crippen molar-refractivity contribution in [3.8, 4) is 0 Å². The highest BCUT2D eigenvalue weighted by molar-refractivity contribution is 6.42. The Bertz CT molecular complexity index is 413. The predicted octanol–water partition coefficient (Wildman–Crippen LogP) is 2.74. The first-order valence-electron chi connectivity index (χ1n) is 5.65. The van der Waals surface area contributed by atoms with E-state index in [1.165, 1.54) is 0 Å². The minimum atomic E-state index is -0.299. The zero-order valence-electron chi connectivity index (χ0n) is 10.0. The van der Waals surface area contributed by atoms with Crippen LogP contribution in [0.2, 0.25) is 10.0 Å². The van der Waals surface area contributed by atoms with Crippen molar-refractivity contribution in [1.29, 1.82) is 0 Å². The highest BCUT2D eigenvalue weighted by Gasteiger charge is 2.13. The van der Waals surface area contributed by atoms with E-state index in [0.29, 0.717) is 23.0 Å². The third-order valence-electron chi connectivity index (χ3n) is 2.42. The van der Waals surface area contributed by atoms with E-state index in [1.807, 2.05) is 13.0 Å². The summed E-state index contributed by atoms with van der Waals surface area (Å²) in [5, 5.41) is 14.9. The number of halogens is 2. The van der Waals surface area contributed by atoms with E-state index >= 15 is 0 Å². The van der Waals surface area contributed by atoms with Crippen molar-refractivity contribution in [2.45, 2.75) is 19.4 Å². The fraction of sp³-hybridized carbons (Fsp3) is 0.417. The molecule has 1 atom stereocenters. The van der Waals surface area contributed by atoms with Gasteiger partial charge in [-0.05, 0) is 25.0 Å². The minimum Gasteiger partial charge on any atom is -0.396 e. The fourth-order valence-corrected chi connectivity index (χ4v) is 1.93. The SMILES string of the molecule is CC(NC(=O)NCCCO)c1cccc(Cl)c1Cl. The molecular weight excluding hydrogens is 275 g/mol. The van der Waals surface area contributed by atoms with Gasteiger partial charge in [0.25, 0.3) is 0 Å². The van der Waals surface area contributed by atoms with Crippen LogP contribution < -0.4 is 10.6 Å². The van der Waals surface area contributed by atoms with Crippen molar-refractivity contribution in [3.05, 3.63) is 33.8 Å². The average molecular weight is 291 g/mol. The van der Waals surface area contributed by atoms with Crippen LogP contribution in [0.1, 0.15) is 24.9 Å². The van der Waals surface area contributed by atoms with Crippen LogP contribution >= 0.6 is 23.2 Å². The van der Waals surface area contributed by atoms with Crippen LogP contribution in [0.25, 0.3) is 0 Å². The Labute approximate surface area is 116 Å². The summed E-state index contributed by atoms with van der Waals surface area (Å²) in [5.41, 5.74) is 0.765. The number of aliphatic hydroxyl groups excluding tert-OH is 1. The summed E-state index contributed by atoms with van der Waals surface area (Å²) in [4.78, 5) is 11.5. The van der Waals surface area contributed by atoms with Gasteiger partial charge >= 0.3 is 6.03 Å². The number of aliphatic hydroxyl groups is 1. The number of amides is 2. The third kappa shape index (κ3) is 4.37. The molecule has 1 unspecified atom stereocenters. The molecule has 0 spiro atoms. The summed E-state index contributed by atoms with van der Waals surface area (Å²) in [5.74, 6) is 0. The topological polar surface area (TPSA) is 61.4 Å². The predicted molar refractivity (Wildman–Crippen MR) is 73.1 cm³/mol. The molecule has 18 heavy (non-hydrogen) atoms. The van der Waals surface area contributed by atoms with Crippen LogP contribution in [0.3, 0.4) is 0 Å². The smallest absolute Gasteiger partial charge is 0.315 e. The van der Waals surface area contributed by atoms with Crippen molar-refractivity contribution in [1.82, 2.24) is 10.6 Å². The van der Waals surface area contributed by atoms with Gasteiger partial charge in [-0.25, -0.2) is 4.79 Å². The van der Waals surface area contributed by atoms with Gasteiger partial charge in [0.2, 0.25) is 0 Å². The second kappa shape index (κ2) is 7.46. The Morgan fingerprint density at radius 1 is 1.44 bits per heavy atom. The van der Waals surface area contributed by atoms with Crippen molar-refractivity contribution in [2.75, 3.05) is 13.2 Å². The molecule has 0 bridgehead atoms. The summed E-state index contributed by atoms with van der Waals surface area (Å²) < 4.78 is 0. The summed E-state index contributed by atoms with van der Waals surface area (Å²) in [6.45, 7) is 2.30. The lowest BCUT2D eigenvalue weighted by Crippen LogP contribution is -2.37. The Morgan fingerprint density at radius 2 is 2.17 bits per heavy atom. The standard InChI is InChI=1S/C12H16Cl2N2O2/c1-8(16-12(18)15-6-3-7-17)9-4-2-5-10(13)11(9)14/h2,4-5,8,17H,3,6-7H2,1H3,(H2,15,16,18). The molecule has 1 aromatic rings. The maximum absolute atomic E-state index is 11.5. The second-order valence-electron chi connectivity index (χ2n) is 3.84. The Hall–Kier alpha value is -0.970. The molecule has 1 aromatic carbocycles. The zero-order valence-corrected chi connectivity index (χ0v) is 11.6. The molecule has 4 nitrogen and oxygen atoms in total. The fourth-order valence-electron chi connectivity index (χ4n) is 1.46. The number of hydrogen-bond donors (Lipinski definition) is 3. The summed E-state index contributed by atoms with van der Waals surface area (Å²) in [6, 6.07) is 4.75. The van der Waals surface area contributed by atoms with E-state index in [0.717, 1.165) is 5.56 Å². The molecule has 1 rings (SSSR count). The lowest BCUT2D eigenvalue weighted by molar-refractivity contribution is 0.235. The summed E-state index contributed by atoms with van der Waals surface area (Å²) in [6.07, 6.45) is 0.528. The van der Waals surface area contributed by atoms with Crippen molar-refractivity contribution < 1.29 is 9.90 Å². The highest BCUT2D eigenvalue weighted by Crippen LogP contribution is 2.29. The molecule has 2 amide bonds. The number of nitrogens with one attached hydrogen (secondary N) is 2. The number of benzene rings is 1. The van der Waals surface area contributed by atoms with E-state index in [1.54, 1.807) is 12.1 Å². The highest BCUT2D eigenvalue weighted by atomic mass is 35.5. The van der Waals surface area contributed by atoms with Gasteiger partial charge in [0, 0.05) is 13.2 Å². The average Bonchev–Trinajstić information content (AvgIpc) is 2.32. The van der Waals surface area contributed by atoms with Crippen LogP contribution in [0.15, 0.2) is 18.2 Å². The molecule has 0 saturated heterocycles. The van der Waals surface area contributed by atoms with E-state index in [9.17, 15) is 4.79 Å². The molecule has 0 aromatic heterocycles. The van der Waals surface area contributed by atoms with Crippen LogP contribution in [-0.2, 0) is 0 Å². The van der Waals surface area contributed by atoms with Crippen molar-refractivity contribution in [2.24, 2.45) is 0 Å². The van der Waals surface area contributed by atoms with Gasteiger partial charge in [-0.3, -0.25) is 0 Å². The first-order valence-corrected chi connectivity index (χ1v) is 6.41. The minimum absolute atomic E-state index is 0.0515. The lowest BCUT2D eigenvalue weighted by atomic mass is 10.1. The molecule has 0 radical (unpaired) electrons. The van der Waals surface area contributed by atoms with Crippen molar-refractivity contribution in [3.63, 3.8) is 0 Å². The van der Waals surface area contributed by atoms with Gasteiger partial charge in [0.05, 0.1) is 16.1 Å². The Kier molecular flexibility index (Phi) is 6.25. The van der Waals surface area contributed by atoms with Crippen molar-refractivity contribution >= 4 is 29.2 Å². The monoisotopic (exact) mass is 290 g/mol. The third-order valence-corrected chi connectivity index (χ3v) is 3.25. The van der Waals surface area contributed by atoms with Gasteiger partial charge in [-0.2, -0.15) is 0 Å². The number of rotatable bonds is 5. The molecule has 6 heteroatoms. The molecule has 0 aliphatic rings. The van der Waals surface area contributed by atoms with E-state index in [4.69, 9.17) is 28.3 Å². The number of urea groups is 1. The largest absolute Gasteiger partial charge is 0.396 e. The van der Waals surface area contributed by atoms with Crippen LogP contribution in [0.4, 0.5) is 4.79 Å². The molecule has 3 N–H and O–H groups in total. The van der Waals surface area contributed by atoms with Gasteiger partial charge in [-0.1, -0.05) is 35.3 Å². The molecule has 0 heterocycles. The Morgan fingerprint density at radius 3 is 2.83 bits per heavy atom. The molecule has 0 aliphatic heterocycles. The zero-order chi connectivity index (χ0) is 13.5. The Balaban J connectivity index is 2.57. The number of carbonyl (C=O) groups is 1. The molecular formula is C12H16Cl2N2O2. The first-order chi connectivity index (χ1) is 8.56. The molecule has 0 saturated carbocycles. The quantitative estimate of drug-likeness (QED) is 0.730. The van der Waals surface area contributed by atoms with Gasteiger partial charge in [0.1, 0.15) is 0 Å². The van der Waals surface area contributed by atoms with E-state index in [2.05, 4.69) is 10.6 Å². The van der Waals surface area contributed by atoms with Gasteiger partial charge in [-0.15, -0.1) is 0 Å². The first kappa shape index (κ1) is 15.1. The van der Waals surface area contributed by atoms with Crippen LogP contribution in [-0.4, -0.2) is 24.3 Å². The molecule has 0 fully saturated rings. The summed E-state index contributed by atoms with van der Waals surface area (Å²) in [7, 11) is 0. The maximum atomic E-state index is 11.5. The second-order valence-corrected chi connectivity index (χ2v) is 4.63. The van der Waals surface area contributed by atoms with Gasteiger partial charge in [0.15, 0.2) is 0 Å². The normalized spacial score (nSPS) is 12.0. The maximum Gasteiger partial charge on any atom is 0.315 e. The van der Waals surface area contributed by atoms with Crippen LogP contribution in [0.5, 0.6) is 0 Å².